The molecule has 0 saturated carbocycles. The molecule has 0 amide bonds. The number of likely N-dealkylation sites (N-methyl/N-ethyl adjacent to an activating group) is 1. The maximum Gasteiger partial charge on any atom is 0.213 e. The van der Waals surface area contributed by atoms with Crippen molar-refractivity contribution in [1.29, 1.82) is 0 Å². The number of para-hydroxylation sites is 1. The van der Waals surface area contributed by atoms with Gasteiger partial charge >= 0.3 is 0 Å². The lowest BCUT2D eigenvalue weighted by Gasteiger charge is -2.35. The fraction of sp³-hybridized carbons (Fsp3) is 0.360. The van der Waals surface area contributed by atoms with Crippen LogP contribution < -0.4 is 10.2 Å². The normalized spacial score (nSPS) is 15.8. The van der Waals surface area contributed by atoms with Crippen LogP contribution in [-0.4, -0.2) is 63.5 Å². The number of aromatic nitrogens is 4. The van der Waals surface area contributed by atoms with E-state index in [0.717, 1.165) is 78.3 Å². The Morgan fingerprint density at radius 3 is 2.70 bits per heavy atom. The van der Waals surface area contributed by atoms with E-state index in [2.05, 4.69) is 58.2 Å². The Morgan fingerprint density at radius 2 is 1.94 bits per heavy atom. The van der Waals surface area contributed by atoms with Crippen LogP contribution in [-0.2, 0) is 0 Å². The lowest BCUT2D eigenvalue weighted by molar-refractivity contribution is 0.112. The summed E-state index contributed by atoms with van der Waals surface area (Å²) in [7, 11) is 0. The number of carbonyl (C=O) groups is 1. The summed E-state index contributed by atoms with van der Waals surface area (Å²) in [6.45, 7) is 11.3. The van der Waals surface area contributed by atoms with Crippen LogP contribution in [0.2, 0.25) is 0 Å². The molecular weight excluding hydrogens is 414 g/mol. The zero-order valence-electron chi connectivity index (χ0n) is 19.3. The number of aldehydes is 1. The molecular formula is C25H29N7O. The van der Waals surface area contributed by atoms with Crippen molar-refractivity contribution < 1.29 is 4.79 Å². The van der Waals surface area contributed by atoms with E-state index in [9.17, 15) is 4.79 Å². The minimum Gasteiger partial charge on any atom is -0.378 e. The molecule has 1 aliphatic heterocycles. The van der Waals surface area contributed by atoms with E-state index in [1.807, 2.05) is 28.7 Å². The summed E-state index contributed by atoms with van der Waals surface area (Å²) in [5, 5.41) is 13.2. The summed E-state index contributed by atoms with van der Waals surface area (Å²) < 4.78 is 2.01. The molecule has 0 bridgehead atoms. The Balaban J connectivity index is 1.61. The van der Waals surface area contributed by atoms with E-state index in [-0.39, 0.29) is 6.04 Å². The number of carbonyl (C=O) groups excluding carboxylic acids is 1. The molecule has 1 fully saturated rings. The molecule has 5 rings (SSSR count). The summed E-state index contributed by atoms with van der Waals surface area (Å²) in [5.74, 6) is 0.879. The number of piperazine rings is 1. The van der Waals surface area contributed by atoms with E-state index in [1.165, 1.54) is 0 Å². The van der Waals surface area contributed by atoms with Gasteiger partial charge in [-0.25, -0.2) is 4.98 Å². The number of rotatable bonds is 6. The van der Waals surface area contributed by atoms with Gasteiger partial charge in [-0.15, -0.1) is 10.2 Å². The molecule has 1 unspecified atom stereocenters. The molecule has 33 heavy (non-hydrogen) atoms. The zero-order valence-corrected chi connectivity index (χ0v) is 19.3. The van der Waals surface area contributed by atoms with Crippen molar-refractivity contribution in [2.45, 2.75) is 26.8 Å². The minimum absolute atomic E-state index is 0.0591. The largest absolute Gasteiger partial charge is 0.378 e. The monoisotopic (exact) mass is 443 g/mol. The molecule has 1 aliphatic rings. The standard InChI is InChI=1S/C25H29N7O/c1-4-30-9-11-31(12-10-30)25-28-23-20(18(3)27-22-8-6-5-7-19(22)15-33)13-17(2)14-21(23)24-29-26-16-32(24)25/h5-8,13-16,18,27H,4,9-12H2,1-3H3. The Labute approximate surface area is 193 Å². The van der Waals surface area contributed by atoms with Gasteiger partial charge < -0.3 is 15.1 Å². The molecule has 8 heteroatoms. The molecule has 0 aliphatic carbocycles. The first-order valence-electron chi connectivity index (χ1n) is 11.5. The van der Waals surface area contributed by atoms with E-state index in [1.54, 1.807) is 6.33 Å². The van der Waals surface area contributed by atoms with Crippen molar-refractivity contribution in [2.75, 3.05) is 42.9 Å². The predicted octanol–water partition coefficient (Wildman–Crippen LogP) is 3.71. The average molecular weight is 444 g/mol. The van der Waals surface area contributed by atoms with Gasteiger partial charge in [0.25, 0.3) is 0 Å². The van der Waals surface area contributed by atoms with Crippen molar-refractivity contribution in [3.63, 3.8) is 0 Å². The molecule has 1 atom stereocenters. The Kier molecular flexibility index (Phi) is 5.68. The third kappa shape index (κ3) is 3.91. The van der Waals surface area contributed by atoms with Crippen molar-refractivity contribution in [1.82, 2.24) is 24.5 Å². The second-order valence-electron chi connectivity index (χ2n) is 8.68. The highest BCUT2D eigenvalue weighted by Crippen LogP contribution is 2.32. The maximum atomic E-state index is 11.5. The van der Waals surface area contributed by atoms with E-state index < -0.39 is 0 Å². The Morgan fingerprint density at radius 1 is 1.15 bits per heavy atom. The van der Waals surface area contributed by atoms with Gasteiger partial charge in [0, 0.05) is 48.4 Å². The molecule has 0 spiro atoms. The van der Waals surface area contributed by atoms with Gasteiger partial charge in [0.05, 0.1) is 11.6 Å². The third-order valence-corrected chi connectivity index (χ3v) is 6.53. The highest BCUT2D eigenvalue weighted by Gasteiger charge is 2.23. The lowest BCUT2D eigenvalue weighted by Crippen LogP contribution is -2.47. The zero-order chi connectivity index (χ0) is 22.9. The molecule has 2 aromatic carbocycles. The fourth-order valence-corrected chi connectivity index (χ4v) is 4.68. The topological polar surface area (TPSA) is 78.7 Å². The molecule has 3 heterocycles. The minimum atomic E-state index is -0.0591. The summed E-state index contributed by atoms with van der Waals surface area (Å²) in [4.78, 5) is 21.5. The van der Waals surface area contributed by atoms with E-state index in [0.29, 0.717) is 5.56 Å². The molecule has 8 nitrogen and oxygen atoms in total. The quantitative estimate of drug-likeness (QED) is 0.455. The van der Waals surface area contributed by atoms with Gasteiger partial charge in [0.15, 0.2) is 11.9 Å². The second-order valence-corrected chi connectivity index (χ2v) is 8.68. The van der Waals surface area contributed by atoms with E-state index in [4.69, 9.17) is 4.98 Å². The number of anilines is 2. The third-order valence-electron chi connectivity index (χ3n) is 6.53. The van der Waals surface area contributed by atoms with Crippen LogP contribution in [0.15, 0.2) is 42.7 Å². The van der Waals surface area contributed by atoms with Crippen molar-refractivity contribution in [2.24, 2.45) is 0 Å². The number of hydrogen-bond acceptors (Lipinski definition) is 7. The van der Waals surface area contributed by atoms with Gasteiger partial charge in [-0.2, -0.15) is 0 Å². The number of benzene rings is 2. The Hall–Kier alpha value is -3.52. The van der Waals surface area contributed by atoms with Crippen molar-refractivity contribution in [3.8, 4) is 0 Å². The summed E-state index contributed by atoms with van der Waals surface area (Å²) in [6.07, 6.45) is 2.64. The summed E-state index contributed by atoms with van der Waals surface area (Å²) >= 11 is 0. The highest BCUT2D eigenvalue weighted by molar-refractivity contribution is 5.95. The van der Waals surface area contributed by atoms with Gasteiger partial charge in [-0.1, -0.05) is 25.1 Å². The van der Waals surface area contributed by atoms with Crippen LogP contribution in [0, 0.1) is 6.92 Å². The smallest absolute Gasteiger partial charge is 0.213 e. The van der Waals surface area contributed by atoms with Crippen LogP contribution in [0.4, 0.5) is 11.6 Å². The van der Waals surface area contributed by atoms with Crippen LogP contribution >= 0.6 is 0 Å². The van der Waals surface area contributed by atoms with Gasteiger partial charge in [0.1, 0.15) is 6.33 Å². The molecule has 170 valence electrons. The lowest BCUT2D eigenvalue weighted by atomic mass is 10.0. The highest BCUT2D eigenvalue weighted by atomic mass is 16.1. The first kappa shape index (κ1) is 21.3. The molecule has 4 aromatic rings. The summed E-state index contributed by atoms with van der Waals surface area (Å²) in [6, 6.07) is 11.8. The second kappa shape index (κ2) is 8.78. The van der Waals surface area contributed by atoms with Gasteiger partial charge in [-0.05, 0) is 44.2 Å². The van der Waals surface area contributed by atoms with Gasteiger partial charge in [0.2, 0.25) is 5.95 Å². The van der Waals surface area contributed by atoms with Crippen molar-refractivity contribution >= 4 is 34.5 Å². The Bertz CT molecular complexity index is 1310. The number of nitrogens with one attached hydrogen (secondary N) is 1. The summed E-state index contributed by atoms with van der Waals surface area (Å²) in [5.41, 5.74) is 5.39. The average Bonchev–Trinajstić information content (AvgIpc) is 3.34. The van der Waals surface area contributed by atoms with Crippen molar-refractivity contribution in [3.05, 3.63) is 59.4 Å². The number of fused-ring (bicyclic) bond motifs is 3. The van der Waals surface area contributed by atoms with Crippen LogP contribution in [0.5, 0.6) is 0 Å². The molecule has 0 radical (unpaired) electrons. The first-order valence-corrected chi connectivity index (χ1v) is 11.5. The first-order chi connectivity index (χ1) is 16.1. The van der Waals surface area contributed by atoms with Crippen LogP contribution in [0.1, 0.15) is 41.4 Å². The van der Waals surface area contributed by atoms with Crippen LogP contribution in [0.25, 0.3) is 16.6 Å². The van der Waals surface area contributed by atoms with Crippen LogP contribution in [0.3, 0.4) is 0 Å². The fourth-order valence-electron chi connectivity index (χ4n) is 4.68. The molecule has 2 aromatic heterocycles. The number of nitrogens with zero attached hydrogens (tertiary/aromatic N) is 6. The van der Waals surface area contributed by atoms with E-state index >= 15 is 0 Å². The predicted molar refractivity (Wildman–Crippen MR) is 131 cm³/mol. The maximum absolute atomic E-state index is 11.5. The number of aryl methyl sites for hydroxylation is 1. The number of hydrogen-bond donors (Lipinski definition) is 1. The molecule has 1 saturated heterocycles. The van der Waals surface area contributed by atoms with Gasteiger partial charge in [-0.3, -0.25) is 9.20 Å². The SMILES string of the molecule is CCN1CCN(c2nc3c(C(C)Nc4ccccc4C=O)cc(C)cc3c3nncn23)CC1. The molecule has 1 N–H and O–H groups in total.